The zero-order valence-corrected chi connectivity index (χ0v) is 14.2. The summed E-state index contributed by atoms with van der Waals surface area (Å²) in [4.78, 5) is 12.0. The molecule has 0 saturated heterocycles. The molecule has 4 heteroatoms. The average Bonchev–Trinajstić information content (AvgIpc) is 2.61. The molecule has 0 unspecified atom stereocenters. The Hall–Kier alpha value is -2.17. The van der Waals surface area contributed by atoms with Gasteiger partial charge in [0, 0.05) is 12.3 Å². The second-order valence-electron chi connectivity index (χ2n) is 5.75. The molecule has 2 atom stereocenters. The Morgan fingerprint density at radius 1 is 1.17 bits per heavy atom. The van der Waals surface area contributed by atoms with Crippen LogP contribution < -0.4 is 5.32 Å². The summed E-state index contributed by atoms with van der Waals surface area (Å²) in [5.74, 6) is -0.154. The Bertz CT molecular complexity index is 642. The molecule has 0 fully saturated rings. The van der Waals surface area contributed by atoms with Crippen molar-refractivity contribution in [1.82, 2.24) is 0 Å². The first-order valence-electron chi connectivity index (χ1n) is 8.34. The molecular formula is C20H25NO3. The van der Waals surface area contributed by atoms with Crippen LogP contribution in [0.15, 0.2) is 54.6 Å². The van der Waals surface area contributed by atoms with Crippen LogP contribution in [0.1, 0.15) is 37.5 Å². The van der Waals surface area contributed by atoms with Crippen molar-refractivity contribution in [3.8, 4) is 0 Å². The molecular weight excluding hydrogens is 302 g/mol. The summed E-state index contributed by atoms with van der Waals surface area (Å²) in [6.45, 7) is 4.10. The van der Waals surface area contributed by atoms with Gasteiger partial charge in [0.2, 0.25) is 0 Å². The highest BCUT2D eigenvalue weighted by atomic mass is 16.5. The van der Waals surface area contributed by atoms with Gasteiger partial charge in [0.1, 0.15) is 6.10 Å². The van der Waals surface area contributed by atoms with E-state index >= 15 is 0 Å². The van der Waals surface area contributed by atoms with Crippen LogP contribution in [-0.2, 0) is 16.0 Å². The monoisotopic (exact) mass is 327 g/mol. The number of carbonyl (C=O) groups excluding carboxylic acids is 1. The molecule has 2 aromatic rings. The first-order valence-corrected chi connectivity index (χ1v) is 8.34. The number of aryl methyl sites for hydroxylation is 1. The number of ether oxygens (including phenoxy) is 1. The third kappa shape index (κ3) is 5.48. The Kier molecular flexibility index (Phi) is 6.97. The number of anilines is 1. The minimum Gasteiger partial charge on any atom is -0.388 e. The van der Waals surface area contributed by atoms with E-state index in [1.807, 2.05) is 61.5 Å². The quantitative estimate of drug-likeness (QED) is 0.777. The van der Waals surface area contributed by atoms with E-state index < -0.39 is 12.2 Å². The van der Waals surface area contributed by atoms with Crippen LogP contribution >= 0.6 is 0 Å². The minimum absolute atomic E-state index is 0.154. The van der Waals surface area contributed by atoms with Crippen molar-refractivity contribution in [1.29, 1.82) is 0 Å². The van der Waals surface area contributed by atoms with E-state index in [1.165, 1.54) is 0 Å². The molecule has 0 aliphatic heterocycles. The third-order valence-electron chi connectivity index (χ3n) is 3.87. The van der Waals surface area contributed by atoms with E-state index in [-0.39, 0.29) is 5.91 Å². The molecule has 0 aliphatic rings. The summed E-state index contributed by atoms with van der Waals surface area (Å²) < 4.78 is 5.29. The van der Waals surface area contributed by atoms with Crippen molar-refractivity contribution in [3.63, 3.8) is 0 Å². The van der Waals surface area contributed by atoms with Crippen LogP contribution in [0.5, 0.6) is 0 Å². The van der Waals surface area contributed by atoms with E-state index in [1.54, 1.807) is 6.92 Å². The fraction of sp³-hybridized carbons (Fsp3) is 0.350. The predicted octanol–water partition coefficient (Wildman–Crippen LogP) is 3.72. The zero-order chi connectivity index (χ0) is 17.4. The number of amides is 1. The van der Waals surface area contributed by atoms with Crippen molar-refractivity contribution in [2.24, 2.45) is 0 Å². The van der Waals surface area contributed by atoms with Gasteiger partial charge < -0.3 is 15.2 Å². The van der Waals surface area contributed by atoms with E-state index in [4.69, 9.17) is 4.74 Å². The maximum atomic E-state index is 12.0. The molecule has 4 nitrogen and oxygen atoms in total. The van der Waals surface area contributed by atoms with Crippen molar-refractivity contribution in [3.05, 3.63) is 65.7 Å². The summed E-state index contributed by atoms with van der Waals surface area (Å²) in [6.07, 6.45) is 0.415. The van der Waals surface area contributed by atoms with Crippen LogP contribution in [0, 0.1) is 0 Å². The molecule has 0 aliphatic carbocycles. The van der Waals surface area contributed by atoms with Crippen molar-refractivity contribution in [2.45, 2.75) is 38.9 Å². The van der Waals surface area contributed by atoms with Gasteiger partial charge in [-0.3, -0.25) is 4.79 Å². The molecule has 0 radical (unpaired) electrons. The highest BCUT2D eigenvalue weighted by Gasteiger charge is 2.13. The number of aliphatic hydroxyl groups excluding tert-OH is 1. The van der Waals surface area contributed by atoms with Crippen molar-refractivity contribution >= 4 is 11.6 Å². The number of rotatable bonds is 8. The molecule has 0 saturated carbocycles. The molecule has 0 heterocycles. The fourth-order valence-electron chi connectivity index (χ4n) is 2.52. The second kappa shape index (κ2) is 9.21. The van der Waals surface area contributed by atoms with Gasteiger partial charge in [-0.15, -0.1) is 0 Å². The molecule has 0 spiro atoms. The van der Waals surface area contributed by atoms with E-state index in [0.717, 1.165) is 23.2 Å². The van der Waals surface area contributed by atoms with Gasteiger partial charge in [-0.2, -0.15) is 0 Å². The fourth-order valence-corrected chi connectivity index (χ4v) is 2.52. The molecule has 2 N–H and O–H groups in total. The average molecular weight is 327 g/mol. The number of hydrogen-bond acceptors (Lipinski definition) is 3. The van der Waals surface area contributed by atoms with E-state index in [9.17, 15) is 9.90 Å². The van der Waals surface area contributed by atoms with Crippen LogP contribution in [0.25, 0.3) is 0 Å². The highest BCUT2D eigenvalue weighted by molar-refractivity contribution is 5.93. The first kappa shape index (κ1) is 18.2. The van der Waals surface area contributed by atoms with Crippen LogP contribution in [-0.4, -0.2) is 23.7 Å². The van der Waals surface area contributed by atoms with Crippen LogP contribution in [0.3, 0.4) is 0 Å². The Morgan fingerprint density at radius 2 is 1.92 bits per heavy atom. The number of aliphatic hydroxyl groups is 1. The summed E-state index contributed by atoms with van der Waals surface area (Å²) in [5, 5.41) is 13.1. The third-order valence-corrected chi connectivity index (χ3v) is 3.87. The Morgan fingerprint density at radius 3 is 2.62 bits per heavy atom. The first-order chi connectivity index (χ1) is 11.6. The standard InChI is InChI=1S/C20H25NO3/c1-3-24-15(2)20(23)21-18-11-7-8-16(14-18)12-13-19(22)17-9-5-4-6-10-17/h4-11,14-15,19,22H,3,12-13H2,1-2H3,(H,21,23)/t15-,19+/m0/s1. The van der Waals surface area contributed by atoms with Crippen LogP contribution in [0.2, 0.25) is 0 Å². The maximum absolute atomic E-state index is 12.0. The maximum Gasteiger partial charge on any atom is 0.253 e. The number of nitrogens with one attached hydrogen (secondary N) is 1. The largest absolute Gasteiger partial charge is 0.388 e. The molecule has 2 rings (SSSR count). The van der Waals surface area contributed by atoms with Gasteiger partial charge in [-0.25, -0.2) is 0 Å². The molecule has 128 valence electrons. The van der Waals surface area contributed by atoms with E-state index in [0.29, 0.717) is 13.0 Å². The Balaban J connectivity index is 1.92. The number of carbonyl (C=O) groups is 1. The molecule has 0 aromatic heterocycles. The highest BCUT2D eigenvalue weighted by Crippen LogP contribution is 2.20. The lowest BCUT2D eigenvalue weighted by Crippen LogP contribution is -2.27. The van der Waals surface area contributed by atoms with Gasteiger partial charge in [0.05, 0.1) is 6.10 Å². The summed E-state index contributed by atoms with van der Waals surface area (Å²) in [7, 11) is 0. The summed E-state index contributed by atoms with van der Waals surface area (Å²) in [6, 6.07) is 17.3. The topological polar surface area (TPSA) is 58.6 Å². The van der Waals surface area contributed by atoms with Crippen molar-refractivity contribution < 1.29 is 14.6 Å². The second-order valence-corrected chi connectivity index (χ2v) is 5.75. The Labute approximate surface area is 143 Å². The van der Waals surface area contributed by atoms with Gasteiger partial charge in [-0.1, -0.05) is 42.5 Å². The number of benzene rings is 2. The van der Waals surface area contributed by atoms with Gasteiger partial charge in [0.15, 0.2) is 0 Å². The lowest BCUT2D eigenvalue weighted by atomic mass is 10.0. The lowest BCUT2D eigenvalue weighted by molar-refractivity contribution is -0.126. The SMILES string of the molecule is CCO[C@@H](C)C(=O)Nc1cccc(CC[C@@H](O)c2ccccc2)c1. The summed E-state index contributed by atoms with van der Waals surface area (Å²) >= 11 is 0. The smallest absolute Gasteiger partial charge is 0.253 e. The zero-order valence-electron chi connectivity index (χ0n) is 14.2. The van der Waals surface area contributed by atoms with Crippen LogP contribution in [0.4, 0.5) is 5.69 Å². The lowest BCUT2D eigenvalue weighted by Gasteiger charge is -2.14. The minimum atomic E-state index is -0.484. The molecule has 0 bridgehead atoms. The molecule has 1 amide bonds. The van der Waals surface area contributed by atoms with Gasteiger partial charge >= 0.3 is 0 Å². The molecule has 24 heavy (non-hydrogen) atoms. The summed E-state index contributed by atoms with van der Waals surface area (Å²) in [5.41, 5.74) is 2.75. The molecule has 2 aromatic carbocycles. The van der Waals surface area contributed by atoms with Crippen molar-refractivity contribution in [2.75, 3.05) is 11.9 Å². The van der Waals surface area contributed by atoms with Gasteiger partial charge in [-0.05, 0) is 49.9 Å². The van der Waals surface area contributed by atoms with E-state index in [2.05, 4.69) is 5.32 Å². The normalized spacial score (nSPS) is 13.3. The van der Waals surface area contributed by atoms with Gasteiger partial charge in [0.25, 0.3) is 5.91 Å². The number of hydrogen-bond donors (Lipinski definition) is 2. The predicted molar refractivity (Wildman–Crippen MR) is 95.9 cm³/mol.